The zero-order valence-corrected chi connectivity index (χ0v) is 13.8. The maximum Gasteiger partial charge on any atom is 0.223 e. The zero-order chi connectivity index (χ0) is 16.2. The third-order valence-corrected chi connectivity index (χ3v) is 4.50. The summed E-state index contributed by atoms with van der Waals surface area (Å²) in [5.74, 6) is 1.24. The summed E-state index contributed by atoms with van der Waals surface area (Å²) in [6, 6.07) is 0. The first-order valence-electron chi connectivity index (χ1n) is 8.36. The molecule has 2 aromatic heterocycles. The average molecular weight is 316 g/mol. The van der Waals surface area contributed by atoms with Gasteiger partial charge in [0.05, 0.1) is 11.6 Å². The van der Waals surface area contributed by atoms with Crippen molar-refractivity contribution in [2.24, 2.45) is 13.0 Å². The number of piperidine rings is 1. The SMILES string of the molecule is CCCCNC(=O)C1CCN(c2ncnc3c2cnn3C)CC1. The number of unbranched alkanes of at least 4 members (excludes halogenated alkanes) is 1. The highest BCUT2D eigenvalue weighted by Crippen LogP contribution is 2.27. The smallest absolute Gasteiger partial charge is 0.223 e. The van der Waals surface area contributed by atoms with Gasteiger partial charge in [0, 0.05) is 32.6 Å². The summed E-state index contributed by atoms with van der Waals surface area (Å²) in [5.41, 5.74) is 0.842. The molecule has 0 radical (unpaired) electrons. The van der Waals surface area contributed by atoms with Crippen molar-refractivity contribution >= 4 is 22.8 Å². The molecule has 1 fully saturated rings. The van der Waals surface area contributed by atoms with Gasteiger partial charge in [0.25, 0.3) is 0 Å². The molecule has 1 aliphatic rings. The molecule has 124 valence electrons. The molecule has 3 rings (SSSR count). The molecule has 0 aromatic carbocycles. The van der Waals surface area contributed by atoms with E-state index in [1.165, 1.54) is 0 Å². The van der Waals surface area contributed by atoms with Crippen molar-refractivity contribution in [2.75, 3.05) is 24.5 Å². The molecule has 0 aliphatic carbocycles. The number of fused-ring (bicyclic) bond motifs is 1. The van der Waals surface area contributed by atoms with Crippen molar-refractivity contribution in [1.29, 1.82) is 0 Å². The third kappa shape index (κ3) is 3.28. The van der Waals surface area contributed by atoms with Crippen molar-refractivity contribution in [3.05, 3.63) is 12.5 Å². The molecule has 23 heavy (non-hydrogen) atoms. The molecule has 0 spiro atoms. The van der Waals surface area contributed by atoms with Crippen molar-refractivity contribution in [2.45, 2.75) is 32.6 Å². The molecule has 0 bridgehead atoms. The zero-order valence-electron chi connectivity index (χ0n) is 13.8. The molecule has 0 unspecified atom stereocenters. The van der Waals surface area contributed by atoms with E-state index in [1.54, 1.807) is 11.0 Å². The first kappa shape index (κ1) is 15.7. The van der Waals surface area contributed by atoms with E-state index in [1.807, 2.05) is 13.2 Å². The number of nitrogens with zero attached hydrogens (tertiary/aromatic N) is 5. The van der Waals surface area contributed by atoms with Crippen LogP contribution < -0.4 is 10.2 Å². The number of nitrogens with one attached hydrogen (secondary N) is 1. The van der Waals surface area contributed by atoms with Crippen LogP contribution in [0.25, 0.3) is 11.0 Å². The molecule has 1 N–H and O–H groups in total. The first-order valence-corrected chi connectivity index (χ1v) is 8.36. The standard InChI is InChI=1S/C16H24N6O/c1-3-4-7-17-16(23)12-5-8-22(9-6-12)15-13-10-20-21(2)14(13)18-11-19-15/h10-12H,3-9H2,1-2H3,(H,17,23). The molecular formula is C16H24N6O. The maximum atomic E-state index is 12.2. The highest BCUT2D eigenvalue weighted by atomic mass is 16.1. The Labute approximate surface area is 136 Å². The van der Waals surface area contributed by atoms with Gasteiger partial charge in [0.15, 0.2) is 5.65 Å². The van der Waals surface area contributed by atoms with Gasteiger partial charge in [-0.05, 0) is 19.3 Å². The minimum absolute atomic E-state index is 0.120. The van der Waals surface area contributed by atoms with Gasteiger partial charge in [0.2, 0.25) is 5.91 Å². The number of carbonyl (C=O) groups excluding carboxylic acids is 1. The Morgan fingerprint density at radius 3 is 2.87 bits per heavy atom. The van der Waals surface area contributed by atoms with Crippen LogP contribution in [-0.2, 0) is 11.8 Å². The van der Waals surface area contributed by atoms with E-state index in [4.69, 9.17) is 0 Å². The summed E-state index contributed by atoms with van der Waals surface area (Å²) in [6.07, 6.45) is 7.28. The van der Waals surface area contributed by atoms with Crippen molar-refractivity contribution < 1.29 is 4.79 Å². The Hall–Kier alpha value is -2.18. The lowest BCUT2D eigenvalue weighted by atomic mass is 9.95. The molecule has 7 heteroatoms. The van der Waals surface area contributed by atoms with Crippen molar-refractivity contribution in [3.63, 3.8) is 0 Å². The number of carbonyl (C=O) groups is 1. The molecular weight excluding hydrogens is 292 g/mol. The number of aryl methyl sites for hydroxylation is 1. The first-order chi connectivity index (χ1) is 11.2. The minimum Gasteiger partial charge on any atom is -0.356 e. The van der Waals surface area contributed by atoms with Gasteiger partial charge < -0.3 is 10.2 Å². The van der Waals surface area contributed by atoms with Gasteiger partial charge in [-0.25, -0.2) is 9.97 Å². The molecule has 1 aliphatic heterocycles. The molecule has 1 saturated heterocycles. The molecule has 1 amide bonds. The Balaban J connectivity index is 1.63. The van der Waals surface area contributed by atoms with Crippen LogP contribution in [0.5, 0.6) is 0 Å². The lowest BCUT2D eigenvalue weighted by molar-refractivity contribution is -0.125. The highest BCUT2D eigenvalue weighted by molar-refractivity contribution is 5.87. The Morgan fingerprint density at radius 2 is 2.13 bits per heavy atom. The Kier molecular flexibility index (Phi) is 4.73. The molecule has 0 saturated carbocycles. The Bertz CT molecular complexity index is 674. The minimum atomic E-state index is 0.120. The normalized spacial score (nSPS) is 16.0. The van der Waals surface area contributed by atoms with Gasteiger partial charge in [0.1, 0.15) is 12.1 Å². The third-order valence-electron chi connectivity index (χ3n) is 4.50. The van der Waals surface area contributed by atoms with E-state index in [0.717, 1.165) is 62.2 Å². The second-order valence-electron chi connectivity index (χ2n) is 6.11. The number of rotatable bonds is 5. The van der Waals surface area contributed by atoms with E-state index in [-0.39, 0.29) is 11.8 Å². The topological polar surface area (TPSA) is 75.9 Å². The quantitative estimate of drug-likeness (QED) is 0.846. The summed E-state index contributed by atoms with van der Waals surface area (Å²) in [5, 5.41) is 8.28. The van der Waals surface area contributed by atoms with Crippen LogP contribution >= 0.6 is 0 Å². The van der Waals surface area contributed by atoms with Crippen LogP contribution in [-0.4, -0.2) is 45.3 Å². The summed E-state index contributed by atoms with van der Waals surface area (Å²) >= 11 is 0. The van der Waals surface area contributed by atoms with E-state index < -0.39 is 0 Å². The predicted molar refractivity (Wildman–Crippen MR) is 89.2 cm³/mol. The fourth-order valence-electron chi connectivity index (χ4n) is 3.09. The van der Waals surface area contributed by atoms with Crippen molar-refractivity contribution in [3.8, 4) is 0 Å². The van der Waals surface area contributed by atoms with Gasteiger partial charge in [-0.1, -0.05) is 13.3 Å². The number of hydrogen-bond donors (Lipinski definition) is 1. The number of aromatic nitrogens is 4. The van der Waals surface area contributed by atoms with Crippen LogP contribution in [0.1, 0.15) is 32.6 Å². The number of hydrogen-bond acceptors (Lipinski definition) is 5. The molecule has 7 nitrogen and oxygen atoms in total. The molecule has 0 atom stereocenters. The Morgan fingerprint density at radius 1 is 1.35 bits per heavy atom. The fourth-order valence-corrected chi connectivity index (χ4v) is 3.09. The van der Waals surface area contributed by atoms with Crippen LogP contribution in [0.15, 0.2) is 12.5 Å². The van der Waals surface area contributed by atoms with Gasteiger partial charge in [-0.15, -0.1) is 0 Å². The van der Waals surface area contributed by atoms with Crippen LogP contribution in [0.2, 0.25) is 0 Å². The highest BCUT2D eigenvalue weighted by Gasteiger charge is 2.26. The summed E-state index contributed by atoms with van der Waals surface area (Å²) in [4.78, 5) is 23.1. The van der Waals surface area contributed by atoms with E-state index in [2.05, 4.69) is 32.2 Å². The van der Waals surface area contributed by atoms with E-state index >= 15 is 0 Å². The van der Waals surface area contributed by atoms with Gasteiger partial charge in [-0.3, -0.25) is 9.48 Å². The lowest BCUT2D eigenvalue weighted by Crippen LogP contribution is -2.41. The monoisotopic (exact) mass is 316 g/mol. The molecule has 2 aromatic rings. The van der Waals surface area contributed by atoms with Gasteiger partial charge >= 0.3 is 0 Å². The average Bonchev–Trinajstić information content (AvgIpc) is 2.97. The van der Waals surface area contributed by atoms with Crippen LogP contribution in [0.3, 0.4) is 0 Å². The summed E-state index contributed by atoms with van der Waals surface area (Å²) < 4.78 is 1.76. The van der Waals surface area contributed by atoms with Gasteiger partial charge in [-0.2, -0.15) is 5.10 Å². The maximum absolute atomic E-state index is 12.2. The second kappa shape index (κ2) is 6.93. The van der Waals surface area contributed by atoms with E-state index in [9.17, 15) is 4.79 Å². The van der Waals surface area contributed by atoms with Crippen molar-refractivity contribution in [1.82, 2.24) is 25.1 Å². The summed E-state index contributed by atoms with van der Waals surface area (Å²) in [7, 11) is 1.88. The second-order valence-corrected chi connectivity index (χ2v) is 6.11. The van der Waals surface area contributed by atoms with E-state index in [0.29, 0.717) is 0 Å². The largest absolute Gasteiger partial charge is 0.356 e. The number of amides is 1. The lowest BCUT2D eigenvalue weighted by Gasteiger charge is -2.32. The summed E-state index contributed by atoms with van der Waals surface area (Å²) in [6.45, 7) is 4.60. The van der Waals surface area contributed by atoms with Crippen LogP contribution in [0.4, 0.5) is 5.82 Å². The number of anilines is 1. The predicted octanol–water partition coefficient (Wildman–Crippen LogP) is 1.50. The molecule has 3 heterocycles. The fraction of sp³-hybridized carbons (Fsp3) is 0.625. The van der Waals surface area contributed by atoms with Crippen LogP contribution in [0, 0.1) is 5.92 Å².